The molecule has 3 rings (SSSR count). The van der Waals surface area contributed by atoms with Crippen molar-refractivity contribution in [3.8, 4) is 0 Å². The van der Waals surface area contributed by atoms with Crippen LogP contribution < -0.4 is 5.32 Å². The third-order valence-corrected chi connectivity index (χ3v) is 4.51. The fourth-order valence-electron chi connectivity index (χ4n) is 3.15. The van der Waals surface area contributed by atoms with E-state index in [4.69, 9.17) is 5.11 Å². The molecule has 1 heterocycles. The maximum Gasteiger partial charge on any atom is 0.307 e. The molecular formula is C20H22N2O3. The van der Waals surface area contributed by atoms with Crippen molar-refractivity contribution in [1.82, 2.24) is 4.90 Å². The fourth-order valence-corrected chi connectivity index (χ4v) is 3.15. The van der Waals surface area contributed by atoms with Gasteiger partial charge >= 0.3 is 5.97 Å². The van der Waals surface area contributed by atoms with Crippen molar-refractivity contribution in [3.05, 3.63) is 65.7 Å². The number of benzene rings is 2. The molecule has 25 heavy (non-hydrogen) atoms. The fraction of sp³-hybridized carbons (Fsp3) is 0.300. The Morgan fingerprint density at radius 3 is 2.48 bits per heavy atom. The average molecular weight is 338 g/mol. The molecule has 0 bridgehead atoms. The number of nitrogens with one attached hydrogen (secondary N) is 1. The number of aliphatic carboxylic acids is 1. The number of carboxylic acids is 1. The van der Waals surface area contributed by atoms with Crippen LogP contribution in [-0.4, -0.2) is 35.0 Å². The second-order valence-corrected chi connectivity index (χ2v) is 6.43. The number of amides is 1. The molecule has 1 saturated heterocycles. The van der Waals surface area contributed by atoms with Crippen molar-refractivity contribution < 1.29 is 14.7 Å². The topological polar surface area (TPSA) is 69.6 Å². The normalized spacial score (nSPS) is 17.8. The van der Waals surface area contributed by atoms with E-state index in [1.165, 1.54) is 0 Å². The Kier molecular flexibility index (Phi) is 5.46. The quantitative estimate of drug-likeness (QED) is 0.878. The van der Waals surface area contributed by atoms with Crippen LogP contribution in [0.15, 0.2) is 54.6 Å². The van der Waals surface area contributed by atoms with Gasteiger partial charge in [0.2, 0.25) is 0 Å². The minimum absolute atomic E-state index is 0.137. The first-order chi connectivity index (χ1) is 12.1. The zero-order chi connectivity index (χ0) is 17.6. The van der Waals surface area contributed by atoms with Gasteiger partial charge in [-0.3, -0.25) is 14.5 Å². The van der Waals surface area contributed by atoms with E-state index in [1.807, 2.05) is 54.6 Å². The number of nitrogens with zero attached hydrogens (tertiary/aromatic N) is 1. The Morgan fingerprint density at radius 1 is 1.08 bits per heavy atom. The molecule has 1 aliphatic heterocycles. The van der Waals surface area contributed by atoms with Gasteiger partial charge < -0.3 is 10.4 Å². The Labute approximate surface area is 147 Å². The SMILES string of the molecule is O=C(Nc1ccccc1)c1ccc(CN2CCCC(C(=O)O)C2)cc1. The summed E-state index contributed by atoms with van der Waals surface area (Å²) in [7, 11) is 0. The lowest BCUT2D eigenvalue weighted by atomic mass is 9.98. The van der Waals surface area contributed by atoms with Crippen LogP contribution >= 0.6 is 0 Å². The maximum atomic E-state index is 12.2. The second-order valence-electron chi connectivity index (χ2n) is 6.43. The third kappa shape index (κ3) is 4.67. The molecule has 0 spiro atoms. The summed E-state index contributed by atoms with van der Waals surface area (Å²) in [6.07, 6.45) is 1.67. The first-order valence-corrected chi connectivity index (χ1v) is 8.52. The molecule has 5 nitrogen and oxygen atoms in total. The van der Waals surface area contributed by atoms with Crippen LogP contribution in [0.5, 0.6) is 0 Å². The Bertz CT molecular complexity index is 728. The number of hydrogen-bond acceptors (Lipinski definition) is 3. The minimum atomic E-state index is -0.711. The summed E-state index contributed by atoms with van der Waals surface area (Å²) >= 11 is 0. The van der Waals surface area contributed by atoms with Gasteiger partial charge in [0, 0.05) is 24.3 Å². The lowest BCUT2D eigenvalue weighted by Crippen LogP contribution is -2.38. The Morgan fingerprint density at radius 2 is 1.80 bits per heavy atom. The highest BCUT2D eigenvalue weighted by Gasteiger charge is 2.25. The largest absolute Gasteiger partial charge is 0.481 e. The molecule has 0 aliphatic carbocycles. The van der Waals surface area contributed by atoms with Gasteiger partial charge in [-0.25, -0.2) is 0 Å². The smallest absolute Gasteiger partial charge is 0.307 e. The molecule has 2 aromatic carbocycles. The number of hydrogen-bond donors (Lipinski definition) is 2. The summed E-state index contributed by atoms with van der Waals surface area (Å²) in [5.41, 5.74) is 2.46. The van der Waals surface area contributed by atoms with E-state index >= 15 is 0 Å². The van der Waals surface area contributed by atoms with E-state index < -0.39 is 5.97 Å². The number of carbonyl (C=O) groups excluding carboxylic acids is 1. The van der Waals surface area contributed by atoms with E-state index in [0.29, 0.717) is 18.7 Å². The van der Waals surface area contributed by atoms with Crippen molar-refractivity contribution in [1.29, 1.82) is 0 Å². The molecule has 130 valence electrons. The number of likely N-dealkylation sites (tertiary alicyclic amines) is 1. The molecular weight excluding hydrogens is 316 g/mol. The molecule has 1 atom stereocenters. The van der Waals surface area contributed by atoms with E-state index in [9.17, 15) is 9.59 Å². The van der Waals surface area contributed by atoms with Gasteiger partial charge in [0.05, 0.1) is 5.92 Å². The van der Waals surface area contributed by atoms with Crippen LogP contribution in [-0.2, 0) is 11.3 Å². The van der Waals surface area contributed by atoms with E-state index in [2.05, 4.69) is 10.2 Å². The van der Waals surface area contributed by atoms with Gasteiger partial charge in [-0.15, -0.1) is 0 Å². The molecule has 0 saturated carbocycles. The number of piperidine rings is 1. The zero-order valence-corrected chi connectivity index (χ0v) is 14.0. The third-order valence-electron chi connectivity index (χ3n) is 4.51. The van der Waals surface area contributed by atoms with Crippen LogP contribution in [0.25, 0.3) is 0 Å². The first kappa shape index (κ1) is 17.2. The summed E-state index contributed by atoms with van der Waals surface area (Å²) in [5, 5.41) is 12.0. The van der Waals surface area contributed by atoms with E-state index in [1.54, 1.807) is 0 Å². The summed E-state index contributed by atoms with van der Waals surface area (Å²) in [5.74, 6) is -1.12. The lowest BCUT2D eigenvalue weighted by molar-refractivity contribution is -0.143. The summed E-state index contributed by atoms with van der Waals surface area (Å²) in [6.45, 7) is 2.22. The molecule has 0 aromatic heterocycles. The molecule has 1 unspecified atom stereocenters. The van der Waals surface area contributed by atoms with Crippen molar-refractivity contribution in [2.75, 3.05) is 18.4 Å². The second kappa shape index (κ2) is 7.94. The lowest BCUT2D eigenvalue weighted by Gasteiger charge is -2.30. The summed E-state index contributed by atoms with van der Waals surface area (Å²) in [4.78, 5) is 25.6. The average Bonchev–Trinajstić information content (AvgIpc) is 2.63. The minimum Gasteiger partial charge on any atom is -0.481 e. The van der Waals surface area contributed by atoms with Crippen LogP contribution in [0, 0.1) is 5.92 Å². The Hall–Kier alpha value is -2.66. The van der Waals surface area contributed by atoms with Gasteiger partial charge in [-0.05, 0) is 49.2 Å². The predicted octanol–water partition coefficient (Wildman–Crippen LogP) is 3.24. The predicted molar refractivity (Wildman–Crippen MR) is 96.5 cm³/mol. The molecule has 2 aromatic rings. The van der Waals surface area contributed by atoms with Crippen molar-refractivity contribution in [2.45, 2.75) is 19.4 Å². The van der Waals surface area contributed by atoms with Gasteiger partial charge in [0.1, 0.15) is 0 Å². The number of para-hydroxylation sites is 1. The number of carbonyl (C=O) groups is 2. The highest BCUT2D eigenvalue weighted by atomic mass is 16.4. The highest BCUT2D eigenvalue weighted by molar-refractivity contribution is 6.04. The van der Waals surface area contributed by atoms with E-state index in [0.717, 1.165) is 30.6 Å². The van der Waals surface area contributed by atoms with Gasteiger partial charge in [-0.1, -0.05) is 30.3 Å². The van der Waals surface area contributed by atoms with Crippen molar-refractivity contribution in [2.24, 2.45) is 5.92 Å². The van der Waals surface area contributed by atoms with Gasteiger partial charge in [0.25, 0.3) is 5.91 Å². The van der Waals surface area contributed by atoms with Crippen LogP contribution in [0.2, 0.25) is 0 Å². The molecule has 0 radical (unpaired) electrons. The molecule has 2 N–H and O–H groups in total. The van der Waals surface area contributed by atoms with Gasteiger partial charge in [-0.2, -0.15) is 0 Å². The van der Waals surface area contributed by atoms with Crippen LogP contribution in [0.3, 0.4) is 0 Å². The Balaban J connectivity index is 1.58. The number of carboxylic acid groups (broad SMARTS) is 1. The van der Waals surface area contributed by atoms with Gasteiger partial charge in [0.15, 0.2) is 0 Å². The zero-order valence-electron chi connectivity index (χ0n) is 14.0. The van der Waals surface area contributed by atoms with Crippen LogP contribution in [0.1, 0.15) is 28.8 Å². The highest BCUT2D eigenvalue weighted by Crippen LogP contribution is 2.19. The standard InChI is InChI=1S/C20H22N2O3/c23-19(21-18-6-2-1-3-7-18)16-10-8-15(9-11-16)13-22-12-4-5-17(14-22)20(24)25/h1-3,6-11,17H,4-5,12-14H2,(H,21,23)(H,24,25). The monoisotopic (exact) mass is 338 g/mol. The first-order valence-electron chi connectivity index (χ1n) is 8.52. The number of anilines is 1. The van der Waals surface area contributed by atoms with E-state index in [-0.39, 0.29) is 11.8 Å². The van der Waals surface area contributed by atoms with Crippen molar-refractivity contribution in [3.63, 3.8) is 0 Å². The molecule has 1 fully saturated rings. The number of rotatable bonds is 5. The van der Waals surface area contributed by atoms with Crippen molar-refractivity contribution >= 4 is 17.6 Å². The molecule has 1 aliphatic rings. The summed E-state index contributed by atoms with van der Waals surface area (Å²) < 4.78 is 0. The summed E-state index contributed by atoms with van der Waals surface area (Å²) in [6, 6.07) is 16.8. The maximum absolute atomic E-state index is 12.2. The van der Waals surface area contributed by atoms with Crippen LogP contribution in [0.4, 0.5) is 5.69 Å². The molecule has 5 heteroatoms. The molecule has 1 amide bonds.